The molecule has 1 fully saturated rings. The average molecular weight is 374 g/mol. The van der Waals surface area contributed by atoms with Gasteiger partial charge in [0.2, 0.25) is 5.91 Å². The number of nitrogens with two attached hydrogens (primary N) is 1. The Hall–Kier alpha value is -1.30. The van der Waals surface area contributed by atoms with Crippen LogP contribution in [-0.2, 0) is 4.79 Å². The summed E-state index contributed by atoms with van der Waals surface area (Å²) < 4.78 is 0. The number of amides is 2. The van der Waals surface area contributed by atoms with Gasteiger partial charge in [-0.3, -0.25) is 9.59 Å². The van der Waals surface area contributed by atoms with Crippen molar-refractivity contribution in [1.29, 1.82) is 0 Å². The van der Waals surface area contributed by atoms with Crippen LogP contribution in [0.25, 0.3) is 0 Å². The normalized spacial score (nSPS) is 17.8. The van der Waals surface area contributed by atoms with Crippen LogP contribution >= 0.6 is 24.0 Å². The predicted molar refractivity (Wildman–Crippen MR) is 98.6 cm³/mol. The van der Waals surface area contributed by atoms with E-state index in [1.165, 1.54) is 0 Å². The van der Waals surface area contributed by atoms with Gasteiger partial charge in [-0.1, -0.05) is 11.6 Å². The fourth-order valence-electron chi connectivity index (χ4n) is 2.64. The van der Waals surface area contributed by atoms with E-state index in [1.807, 2.05) is 13.8 Å². The molecule has 0 aliphatic carbocycles. The number of halogens is 2. The van der Waals surface area contributed by atoms with Crippen molar-refractivity contribution in [3.63, 3.8) is 0 Å². The number of likely N-dealkylation sites (tertiary alicyclic amines) is 1. The van der Waals surface area contributed by atoms with E-state index in [0.29, 0.717) is 30.2 Å². The van der Waals surface area contributed by atoms with Crippen molar-refractivity contribution in [2.75, 3.05) is 19.6 Å². The minimum Gasteiger partial charge on any atom is -0.350 e. The number of nitrogens with zero attached hydrogens (tertiary/aromatic N) is 1. The van der Waals surface area contributed by atoms with E-state index in [1.54, 1.807) is 29.2 Å². The van der Waals surface area contributed by atoms with Gasteiger partial charge in [0.05, 0.1) is 5.92 Å². The molecule has 1 aromatic rings. The molecule has 2 amide bonds. The van der Waals surface area contributed by atoms with Gasteiger partial charge in [-0.25, -0.2) is 0 Å². The second-order valence-electron chi connectivity index (χ2n) is 6.67. The number of hydrogen-bond donors (Lipinski definition) is 2. The van der Waals surface area contributed by atoms with Crippen molar-refractivity contribution in [1.82, 2.24) is 10.2 Å². The molecule has 1 heterocycles. The Labute approximate surface area is 154 Å². The topological polar surface area (TPSA) is 75.4 Å². The van der Waals surface area contributed by atoms with Crippen LogP contribution < -0.4 is 11.1 Å². The molecule has 3 N–H and O–H groups in total. The molecule has 5 nitrogen and oxygen atoms in total. The summed E-state index contributed by atoms with van der Waals surface area (Å²) in [6, 6.07) is 6.83. The number of piperidine rings is 1. The number of carbonyl (C=O) groups excluding carboxylic acids is 2. The molecule has 1 unspecified atom stereocenters. The minimum atomic E-state index is -0.431. The Balaban J connectivity index is 0.00000288. The highest BCUT2D eigenvalue weighted by atomic mass is 35.5. The van der Waals surface area contributed by atoms with Crippen molar-refractivity contribution < 1.29 is 9.59 Å². The summed E-state index contributed by atoms with van der Waals surface area (Å²) in [5, 5.41) is 3.56. The highest BCUT2D eigenvalue weighted by Crippen LogP contribution is 2.20. The van der Waals surface area contributed by atoms with Crippen molar-refractivity contribution in [3.8, 4) is 0 Å². The Bertz CT molecular complexity index is 576. The van der Waals surface area contributed by atoms with Crippen LogP contribution in [0.15, 0.2) is 24.3 Å². The third-order valence-electron chi connectivity index (χ3n) is 4.14. The van der Waals surface area contributed by atoms with Gasteiger partial charge in [-0.05, 0) is 51.0 Å². The zero-order chi connectivity index (χ0) is 17.0. The molecular weight excluding hydrogens is 349 g/mol. The maximum atomic E-state index is 12.6. The molecular formula is C17H25Cl2N3O2. The molecule has 24 heavy (non-hydrogen) atoms. The van der Waals surface area contributed by atoms with Crippen LogP contribution in [0.1, 0.15) is 37.0 Å². The summed E-state index contributed by atoms with van der Waals surface area (Å²) in [4.78, 5) is 26.7. The lowest BCUT2D eigenvalue weighted by Gasteiger charge is -2.34. The van der Waals surface area contributed by atoms with Gasteiger partial charge in [0.25, 0.3) is 5.91 Å². The predicted octanol–water partition coefficient (Wildman–Crippen LogP) is 2.47. The van der Waals surface area contributed by atoms with E-state index in [-0.39, 0.29) is 30.1 Å². The van der Waals surface area contributed by atoms with Crippen molar-refractivity contribution in [2.45, 2.75) is 32.2 Å². The fourth-order valence-corrected chi connectivity index (χ4v) is 2.76. The third-order valence-corrected chi connectivity index (χ3v) is 4.39. The molecule has 1 saturated heterocycles. The first-order chi connectivity index (χ1) is 10.8. The van der Waals surface area contributed by atoms with E-state index in [0.717, 1.165) is 12.8 Å². The van der Waals surface area contributed by atoms with E-state index in [4.69, 9.17) is 17.3 Å². The zero-order valence-electron chi connectivity index (χ0n) is 14.0. The molecule has 1 atom stereocenters. The number of carbonyl (C=O) groups is 2. The standard InChI is InChI=1S/C17H24ClN3O2.ClH/c1-17(2,11-19)20-15(22)13-4-3-9-21(10-13)16(23)12-5-7-14(18)8-6-12;/h5-8,13H,3-4,9-11,19H2,1-2H3,(H,20,22);1H. The van der Waals surface area contributed by atoms with Gasteiger partial charge in [0, 0.05) is 35.8 Å². The first kappa shape index (κ1) is 20.7. The molecule has 0 bridgehead atoms. The third kappa shape index (κ3) is 5.36. The summed E-state index contributed by atoms with van der Waals surface area (Å²) in [5.74, 6) is -0.280. The Kier molecular flexibility index (Phi) is 7.52. The molecule has 0 saturated carbocycles. The smallest absolute Gasteiger partial charge is 0.253 e. The van der Waals surface area contributed by atoms with Crippen molar-refractivity contribution >= 4 is 35.8 Å². The molecule has 1 aliphatic heterocycles. The maximum Gasteiger partial charge on any atom is 0.253 e. The fraction of sp³-hybridized carbons (Fsp3) is 0.529. The summed E-state index contributed by atoms with van der Waals surface area (Å²) in [6.45, 7) is 5.27. The van der Waals surface area contributed by atoms with E-state index < -0.39 is 5.54 Å². The number of nitrogens with one attached hydrogen (secondary N) is 1. The van der Waals surface area contributed by atoms with E-state index in [2.05, 4.69) is 5.32 Å². The second-order valence-corrected chi connectivity index (χ2v) is 7.11. The van der Waals surface area contributed by atoms with Crippen molar-refractivity contribution in [3.05, 3.63) is 34.9 Å². The second kappa shape index (κ2) is 8.70. The summed E-state index contributed by atoms with van der Waals surface area (Å²) >= 11 is 5.85. The Morgan fingerprint density at radius 3 is 2.54 bits per heavy atom. The van der Waals surface area contributed by atoms with Crippen LogP contribution in [0, 0.1) is 5.92 Å². The zero-order valence-corrected chi connectivity index (χ0v) is 15.6. The molecule has 0 aromatic heterocycles. The molecule has 0 spiro atoms. The first-order valence-corrected chi connectivity index (χ1v) is 8.27. The molecule has 7 heteroatoms. The van der Waals surface area contributed by atoms with Crippen LogP contribution in [-0.4, -0.2) is 41.9 Å². The van der Waals surface area contributed by atoms with Crippen LogP contribution in [0.4, 0.5) is 0 Å². The van der Waals surface area contributed by atoms with Crippen LogP contribution in [0.2, 0.25) is 5.02 Å². The van der Waals surface area contributed by atoms with Gasteiger partial charge in [-0.15, -0.1) is 12.4 Å². The monoisotopic (exact) mass is 373 g/mol. The molecule has 134 valence electrons. The lowest BCUT2D eigenvalue weighted by Crippen LogP contribution is -2.53. The number of rotatable bonds is 4. The van der Waals surface area contributed by atoms with E-state index >= 15 is 0 Å². The van der Waals surface area contributed by atoms with Gasteiger partial charge in [0.1, 0.15) is 0 Å². The average Bonchev–Trinajstić information content (AvgIpc) is 2.54. The molecule has 1 aliphatic rings. The summed E-state index contributed by atoms with van der Waals surface area (Å²) in [5.41, 5.74) is 5.82. The quantitative estimate of drug-likeness (QED) is 0.850. The summed E-state index contributed by atoms with van der Waals surface area (Å²) in [7, 11) is 0. The Morgan fingerprint density at radius 2 is 1.96 bits per heavy atom. The lowest BCUT2D eigenvalue weighted by molar-refractivity contribution is -0.127. The first-order valence-electron chi connectivity index (χ1n) is 7.89. The highest BCUT2D eigenvalue weighted by Gasteiger charge is 2.31. The molecule has 0 radical (unpaired) electrons. The van der Waals surface area contributed by atoms with Gasteiger partial charge in [-0.2, -0.15) is 0 Å². The van der Waals surface area contributed by atoms with Gasteiger partial charge < -0.3 is 16.0 Å². The lowest BCUT2D eigenvalue weighted by atomic mass is 9.94. The summed E-state index contributed by atoms with van der Waals surface area (Å²) in [6.07, 6.45) is 1.61. The highest BCUT2D eigenvalue weighted by molar-refractivity contribution is 6.30. The number of benzene rings is 1. The molecule has 2 rings (SSSR count). The van der Waals surface area contributed by atoms with Crippen LogP contribution in [0.5, 0.6) is 0 Å². The minimum absolute atomic E-state index is 0. The number of hydrogen-bond acceptors (Lipinski definition) is 3. The van der Waals surface area contributed by atoms with Crippen LogP contribution in [0.3, 0.4) is 0 Å². The van der Waals surface area contributed by atoms with E-state index in [9.17, 15) is 9.59 Å². The van der Waals surface area contributed by atoms with Crippen molar-refractivity contribution in [2.24, 2.45) is 11.7 Å². The SMILES string of the molecule is CC(C)(CN)NC(=O)C1CCCN(C(=O)c2ccc(Cl)cc2)C1.Cl. The van der Waals surface area contributed by atoms with Gasteiger partial charge >= 0.3 is 0 Å². The molecule has 1 aromatic carbocycles. The maximum absolute atomic E-state index is 12.6. The van der Waals surface area contributed by atoms with Gasteiger partial charge in [0.15, 0.2) is 0 Å². The largest absolute Gasteiger partial charge is 0.350 e. The Morgan fingerprint density at radius 1 is 1.33 bits per heavy atom.